The van der Waals surface area contributed by atoms with Gasteiger partial charge < -0.3 is 10.2 Å². The number of para-hydroxylation sites is 1. The Kier molecular flexibility index (Phi) is 4.82. The minimum absolute atomic E-state index is 0.0652. The number of rotatable bonds is 4. The second-order valence-corrected chi connectivity index (χ2v) is 7.84. The number of carbonyl (C=O) groups excluding carboxylic acids is 3. The molecule has 3 amide bonds. The lowest BCUT2D eigenvalue weighted by Crippen LogP contribution is -2.32. The minimum Gasteiger partial charge on any atom is -0.325 e. The van der Waals surface area contributed by atoms with Gasteiger partial charge in [-0.1, -0.05) is 43.0 Å². The second-order valence-electron chi connectivity index (χ2n) is 7.84. The summed E-state index contributed by atoms with van der Waals surface area (Å²) in [6.07, 6.45) is 0.848. The van der Waals surface area contributed by atoms with Crippen LogP contribution in [0.4, 0.5) is 11.4 Å². The second kappa shape index (κ2) is 7.81. The third-order valence-corrected chi connectivity index (χ3v) is 5.89. The van der Waals surface area contributed by atoms with Crippen molar-refractivity contribution in [2.75, 3.05) is 23.3 Å². The quantitative estimate of drug-likeness (QED) is 0.691. The molecule has 6 nitrogen and oxygen atoms in total. The number of nitrogens with one attached hydrogen (secondary N) is 1. The molecule has 0 bridgehead atoms. The van der Waals surface area contributed by atoms with Gasteiger partial charge in [0.15, 0.2) is 0 Å². The maximum absolute atomic E-state index is 12.9. The van der Waals surface area contributed by atoms with E-state index >= 15 is 0 Å². The predicted octanol–water partition coefficient (Wildman–Crippen LogP) is 3.95. The first-order valence-corrected chi connectivity index (χ1v) is 10.4. The normalized spacial score (nSPS) is 14.4. The highest BCUT2D eigenvalue weighted by Crippen LogP contribution is 2.31. The zero-order valence-electron chi connectivity index (χ0n) is 17.4. The van der Waals surface area contributed by atoms with Crippen LogP contribution in [0.2, 0.25) is 0 Å². The molecule has 0 spiro atoms. The van der Waals surface area contributed by atoms with Gasteiger partial charge in [-0.2, -0.15) is 0 Å². The van der Waals surface area contributed by atoms with Crippen LogP contribution in [0, 0.1) is 0 Å². The molecule has 0 fully saturated rings. The summed E-state index contributed by atoms with van der Waals surface area (Å²) in [6.45, 7) is 4.49. The Morgan fingerprint density at radius 1 is 0.906 bits per heavy atom. The molecule has 0 atom stereocenters. The van der Waals surface area contributed by atoms with E-state index in [4.69, 9.17) is 0 Å². The zero-order chi connectivity index (χ0) is 22.2. The molecule has 0 aliphatic carbocycles. The highest BCUT2D eigenvalue weighted by molar-refractivity contribution is 6.11. The van der Waals surface area contributed by atoms with Crippen molar-refractivity contribution in [3.05, 3.63) is 102 Å². The van der Waals surface area contributed by atoms with E-state index in [-0.39, 0.29) is 24.3 Å². The largest absolute Gasteiger partial charge is 0.325 e. The fourth-order valence-electron chi connectivity index (χ4n) is 4.25. The Bertz CT molecular complexity index is 1230. The predicted molar refractivity (Wildman–Crippen MR) is 123 cm³/mol. The Morgan fingerprint density at radius 2 is 1.59 bits per heavy atom. The van der Waals surface area contributed by atoms with Gasteiger partial charge in [-0.25, -0.2) is 0 Å². The van der Waals surface area contributed by atoms with E-state index in [9.17, 15) is 14.4 Å². The Balaban J connectivity index is 1.24. The third kappa shape index (κ3) is 3.36. The maximum Gasteiger partial charge on any atom is 0.259 e. The Morgan fingerprint density at radius 3 is 2.34 bits per heavy atom. The third-order valence-electron chi connectivity index (χ3n) is 5.89. The lowest BCUT2D eigenvalue weighted by atomic mass is 10.1. The van der Waals surface area contributed by atoms with E-state index in [1.807, 2.05) is 36.4 Å². The lowest BCUT2D eigenvalue weighted by Gasteiger charge is -2.18. The van der Waals surface area contributed by atoms with Crippen LogP contribution in [0.3, 0.4) is 0 Å². The van der Waals surface area contributed by atoms with Gasteiger partial charge in [0, 0.05) is 40.3 Å². The van der Waals surface area contributed by atoms with Crippen molar-refractivity contribution < 1.29 is 14.4 Å². The molecule has 2 aliphatic heterocycles. The van der Waals surface area contributed by atoms with Gasteiger partial charge in [-0.05, 0) is 48.4 Å². The Labute approximate surface area is 185 Å². The summed E-state index contributed by atoms with van der Waals surface area (Å²) in [5, 5.41) is 2.79. The van der Waals surface area contributed by atoms with Crippen molar-refractivity contribution in [2.45, 2.75) is 6.42 Å². The van der Waals surface area contributed by atoms with E-state index in [0.717, 1.165) is 17.7 Å². The summed E-state index contributed by atoms with van der Waals surface area (Å²) in [4.78, 5) is 41.2. The monoisotopic (exact) mass is 423 g/mol. The standard InChI is InChI=1S/C26H21N3O3/c1-17-21-7-3-4-8-22(21)26(32)29(17)16-24(30)27-20-12-10-19(11-13-20)25(31)28-15-14-18-6-2-5-9-23(18)28/h2-13H,1,14-16H2,(H,27,30). The topological polar surface area (TPSA) is 69.7 Å². The minimum atomic E-state index is -0.333. The summed E-state index contributed by atoms with van der Waals surface area (Å²) in [5.74, 6) is -0.628. The molecule has 0 saturated carbocycles. The molecule has 0 unspecified atom stereocenters. The van der Waals surface area contributed by atoms with E-state index in [0.29, 0.717) is 29.1 Å². The molecule has 0 radical (unpaired) electrons. The zero-order valence-corrected chi connectivity index (χ0v) is 17.4. The molecule has 1 N–H and O–H groups in total. The van der Waals surface area contributed by atoms with Gasteiger partial charge in [0.25, 0.3) is 11.8 Å². The molecule has 0 aromatic heterocycles. The van der Waals surface area contributed by atoms with Crippen molar-refractivity contribution in [3.8, 4) is 0 Å². The molecule has 2 heterocycles. The average Bonchev–Trinajstić information content (AvgIpc) is 3.35. The van der Waals surface area contributed by atoms with Crippen LogP contribution in [0.5, 0.6) is 0 Å². The number of amides is 3. The number of carbonyl (C=O) groups is 3. The van der Waals surface area contributed by atoms with Crippen molar-refractivity contribution >= 4 is 34.8 Å². The number of hydrogen-bond donors (Lipinski definition) is 1. The molecule has 2 aliphatic rings. The highest BCUT2D eigenvalue weighted by Gasteiger charge is 2.32. The van der Waals surface area contributed by atoms with Crippen LogP contribution in [0.15, 0.2) is 79.4 Å². The Hall–Kier alpha value is -4.19. The van der Waals surface area contributed by atoms with E-state index in [2.05, 4.69) is 11.9 Å². The van der Waals surface area contributed by atoms with Gasteiger partial charge >= 0.3 is 0 Å². The first-order chi connectivity index (χ1) is 15.5. The van der Waals surface area contributed by atoms with Gasteiger partial charge in [0.2, 0.25) is 5.91 Å². The van der Waals surface area contributed by atoms with Crippen molar-refractivity contribution in [2.24, 2.45) is 0 Å². The van der Waals surface area contributed by atoms with Crippen LogP contribution >= 0.6 is 0 Å². The summed E-state index contributed by atoms with van der Waals surface area (Å²) in [6, 6.07) is 21.9. The van der Waals surface area contributed by atoms with Crippen LogP contribution in [-0.2, 0) is 11.2 Å². The molecule has 3 aromatic carbocycles. The van der Waals surface area contributed by atoms with Gasteiger partial charge in [0.05, 0.1) is 0 Å². The number of hydrogen-bond acceptors (Lipinski definition) is 3. The molecular formula is C26H21N3O3. The number of fused-ring (bicyclic) bond motifs is 2. The molecule has 6 heteroatoms. The number of benzene rings is 3. The van der Waals surface area contributed by atoms with Crippen molar-refractivity contribution in [1.29, 1.82) is 0 Å². The van der Waals surface area contributed by atoms with Gasteiger partial charge in [-0.3, -0.25) is 19.3 Å². The smallest absolute Gasteiger partial charge is 0.259 e. The molecule has 32 heavy (non-hydrogen) atoms. The maximum atomic E-state index is 12.9. The molecule has 5 rings (SSSR count). The fourth-order valence-corrected chi connectivity index (χ4v) is 4.25. The summed E-state index contributed by atoms with van der Waals surface area (Å²) < 4.78 is 0. The number of anilines is 2. The SMILES string of the molecule is C=C1c2ccccc2C(=O)N1CC(=O)Nc1ccc(C(=O)N2CCc3ccccc32)cc1. The van der Waals surface area contributed by atoms with Gasteiger partial charge in [0.1, 0.15) is 6.54 Å². The van der Waals surface area contributed by atoms with Crippen LogP contribution in [0.25, 0.3) is 5.70 Å². The molecule has 3 aromatic rings. The average molecular weight is 423 g/mol. The molecular weight excluding hydrogens is 402 g/mol. The van der Waals surface area contributed by atoms with Crippen molar-refractivity contribution in [3.63, 3.8) is 0 Å². The molecule has 0 saturated heterocycles. The molecule has 158 valence electrons. The van der Waals surface area contributed by atoms with Crippen LogP contribution in [-0.4, -0.2) is 35.7 Å². The van der Waals surface area contributed by atoms with Crippen LogP contribution < -0.4 is 10.2 Å². The fraction of sp³-hybridized carbons (Fsp3) is 0.115. The van der Waals surface area contributed by atoms with Crippen molar-refractivity contribution in [1.82, 2.24) is 4.90 Å². The lowest BCUT2D eigenvalue weighted by molar-refractivity contribution is -0.116. The van der Waals surface area contributed by atoms with E-state index in [1.165, 1.54) is 10.5 Å². The highest BCUT2D eigenvalue weighted by atomic mass is 16.2. The first kappa shape index (κ1) is 19.8. The first-order valence-electron chi connectivity index (χ1n) is 10.4. The summed E-state index contributed by atoms with van der Waals surface area (Å²) >= 11 is 0. The summed E-state index contributed by atoms with van der Waals surface area (Å²) in [7, 11) is 0. The van der Waals surface area contributed by atoms with Gasteiger partial charge in [-0.15, -0.1) is 0 Å². The summed E-state index contributed by atoms with van der Waals surface area (Å²) in [5.41, 5.74) is 5.05. The van der Waals surface area contributed by atoms with E-state index < -0.39 is 0 Å². The number of nitrogens with zero attached hydrogens (tertiary/aromatic N) is 2. The van der Waals surface area contributed by atoms with Crippen LogP contribution in [0.1, 0.15) is 31.8 Å². The van der Waals surface area contributed by atoms with E-state index in [1.54, 1.807) is 41.3 Å².